The standard InChI is InChI=1S/C19H34O2/c1-3-18(2)16-14-12-10-8-6-4-5-7-9-11-13-15-17-19(20)21/h4,6-7,9,18H,3,5,8,10-17H2,1-2H3,(H,20,21). The summed E-state index contributed by atoms with van der Waals surface area (Å²) in [6.45, 7) is 4.61. The van der Waals surface area contributed by atoms with Crippen LogP contribution in [-0.4, -0.2) is 11.1 Å². The number of allylic oxidation sites excluding steroid dienone is 4. The Kier molecular flexibility index (Phi) is 14.6. The molecule has 0 spiro atoms. The van der Waals surface area contributed by atoms with E-state index in [1.165, 1.54) is 38.5 Å². The van der Waals surface area contributed by atoms with Crippen molar-refractivity contribution in [1.29, 1.82) is 0 Å². The summed E-state index contributed by atoms with van der Waals surface area (Å²) in [6.07, 6.45) is 20.9. The van der Waals surface area contributed by atoms with Gasteiger partial charge in [0, 0.05) is 6.42 Å². The first kappa shape index (κ1) is 19.9. The lowest BCUT2D eigenvalue weighted by atomic mass is 10.0. The second-order valence-electron chi connectivity index (χ2n) is 5.97. The van der Waals surface area contributed by atoms with Crippen molar-refractivity contribution in [2.45, 2.75) is 84.5 Å². The summed E-state index contributed by atoms with van der Waals surface area (Å²) in [6, 6.07) is 0. The van der Waals surface area contributed by atoms with E-state index in [-0.39, 0.29) is 0 Å². The zero-order chi connectivity index (χ0) is 15.8. The average Bonchev–Trinajstić information content (AvgIpc) is 2.46. The minimum Gasteiger partial charge on any atom is -0.481 e. The summed E-state index contributed by atoms with van der Waals surface area (Å²) in [5.74, 6) is 0.201. The zero-order valence-electron chi connectivity index (χ0n) is 14.0. The Morgan fingerprint density at radius 1 is 0.952 bits per heavy atom. The number of hydrogen-bond donors (Lipinski definition) is 1. The molecule has 0 aromatic carbocycles. The van der Waals surface area contributed by atoms with Gasteiger partial charge in [-0.25, -0.2) is 0 Å². The normalized spacial score (nSPS) is 13.2. The van der Waals surface area contributed by atoms with Gasteiger partial charge in [0.05, 0.1) is 0 Å². The summed E-state index contributed by atoms with van der Waals surface area (Å²) < 4.78 is 0. The third-order valence-electron chi connectivity index (χ3n) is 3.88. The van der Waals surface area contributed by atoms with E-state index >= 15 is 0 Å². The maximum atomic E-state index is 10.3. The first-order valence-electron chi connectivity index (χ1n) is 8.68. The minimum absolute atomic E-state index is 0.296. The molecule has 0 aliphatic heterocycles. The van der Waals surface area contributed by atoms with E-state index in [1.54, 1.807) is 0 Å². The number of carboxylic acid groups (broad SMARTS) is 1. The summed E-state index contributed by atoms with van der Waals surface area (Å²) in [5, 5.41) is 8.50. The minimum atomic E-state index is -0.689. The molecule has 0 saturated carbocycles. The van der Waals surface area contributed by atoms with Crippen LogP contribution in [0, 0.1) is 5.92 Å². The second kappa shape index (κ2) is 15.3. The Morgan fingerprint density at radius 3 is 2.14 bits per heavy atom. The molecule has 1 atom stereocenters. The van der Waals surface area contributed by atoms with E-state index in [0.29, 0.717) is 6.42 Å². The first-order chi connectivity index (χ1) is 10.2. The molecule has 1 unspecified atom stereocenters. The van der Waals surface area contributed by atoms with Crippen molar-refractivity contribution in [2.75, 3.05) is 0 Å². The van der Waals surface area contributed by atoms with Crippen LogP contribution in [0.3, 0.4) is 0 Å². The third-order valence-corrected chi connectivity index (χ3v) is 3.88. The Bertz CT molecular complexity index is 292. The third kappa shape index (κ3) is 16.9. The van der Waals surface area contributed by atoms with Crippen LogP contribution in [0.4, 0.5) is 0 Å². The van der Waals surface area contributed by atoms with E-state index in [2.05, 4.69) is 38.2 Å². The monoisotopic (exact) mass is 294 g/mol. The molecule has 122 valence electrons. The highest BCUT2D eigenvalue weighted by molar-refractivity contribution is 5.66. The van der Waals surface area contributed by atoms with E-state index in [0.717, 1.165) is 31.6 Å². The van der Waals surface area contributed by atoms with Crippen LogP contribution in [0.25, 0.3) is 0 Å². The van der Waals surface area contributed by atoms with Gasteiger partial charge in [0.1, 0.15) is 0 Å². The molecule has 0 radical (unpaired) electrons. The number of hydrogen-bond acceptors (Lipinski definition) is 1. The summed E-state index contributed by atoms with van der Waals surface area (Å²) in [7, 11) is 0. The molecule has 0 aromatic rings. The first-order valence-corrected chi connectivity index (χ1v) is 8.68. The SMILES string of the molecule is CCC(C)CCCCCC=CCC=CCCCCC(=O)O. The van der Waals surface area contributed by atoms with Gasteiger partial charge in [-0.2, -0.15) is 0 Å². The molecule has 1 N–H and O–H groups in total. The number of unbranched alkanes of at least 4 members (excludes halogenated alkanes) is 5. The number of carboxylic acids is 1. The van der Waals surface area contributed by atoms with Crippen molar-refractivity contribution >= 4 is 5.97 Å². The average molecular weight is 294 g/mol. The Labute approximate surface area is 131 Å². The second-order valence-corrected chi connectivity index (χ2v) is 5.97. The van der Waals surface area contributed by atoms with Gasteiger partial charge in [-0.1, -0.05) is 63.8 Å². The molecular weight excluding hydrogens is 260 g/mol. The summed E-state index contributed by atoms with van der Waals surface area (Å²) in [5.41, 5.74) is 0. The molecule has 0 aliphatic carbocycles. The molecule has 0 saturated heterocycles. The fourth-order valence-electron chi connectivity index (χ4n) is 2.18. The van der Waals surface area contributed by atoms with Crippen molar-refractivity contribution in [1.82, 2.24) is 0 Å². The molecule has 0 rings (SSSR count). The lowest BCUT2D eigenvalue weighted by Crippen LogP contribution is -1.92. The van der Waals surface area contributed by atoms with Gasteiger partial charge < -0.3 is 5.11 Å². The zero-order valence-corrected chi connectivity index (χ0v) is 14.0. The molecule has 2 heteroatoms. The highest BCUT2D eigenvalue weighted by atomic mass is 16.4. The Morgan fingerprint density at radius 2 is 1.57 bits per heavy atom. The predicted molar refractivity (Wildman–Crippen MR) is 91.5 cm³/mol. The fraction of sp³-hybridized carbons (Fsp3) is 0.737. The number of rotatable bonds is 14. The highest BCUT2D eigenvalue weighted by Crippen LogP contribution is 2.13. The lowest BCUT2D eigenvalue weighted by molar-refractivity contribution is -0.137. The highest BCUT2D eigenvalue weighted by Gasteiger charge is 1.97. The van der Waals surface area contributed by atoms with Crippen molar-refractivity contribution in [3.63, 3.8) is 0 Å². The van der Waals surface area contributed by atoms with Crippen molar-refractivity contribution in [3.05, 3.63) is 24.3 Å². The molecule has 0 fully saturated rings. The van der Waals surface area contributed by atoms with Gasteiger partial charge in [0.25, 0.3) is 0 Å². The molecule has 0 aromatic heterocycles. The Hall–Kier alpha value is -1.05. The van der Waals surface area contributed by atoms with Crippen LogP contribution < -0.4 is 0 Å². The number of aliphatic carboxylic acids is 1. The van der Waals surface area contributed by atoms with Gasteiger partial charge in [0.15, 0.2) is 0 Å². The maximum Gasteiger partial charge on any atom is 0.303 e. The topological polar surface area (TPSA) is 37.3 Å². The molecule has 0 bridgehead atoms. The van der Waals surface area contributed by atoms with Gasteiger partial charge >= 0.3 is 5.97 Å². The van der Waals surface area contributed by atoms with Crippen molar-refractivity contribution in [2.24, 2.45) is 5.92 Å². The van der Waals surface area contributed by atoms with E-state index < -0.39 is 5.97 Å². The van der Waals surface area contributed by atoms with Crippen LogP contribution in [0.2, 0.25) is 0 Å². The van der Waals surface area contributed by atoms with Gasteiger partial charge in [-0.3, -0.25) is 4.79 Å². The summed E-state index contributed by atoms with van der Waals surface area (Å²) >= 11 is 0. The van der Waals surface area contributed by atoms with Crippen LogP contribution in [0.1, 0.15) is 84.5 Å². The van der Waals surface area contributed by atoms with Crippen LogP contribution in [0.15, 0.2) is 24.3 Å². The molecule has 0 aliphatic rings. The van der Waals surface area contributed by atoms with Crippen molar-refractivity contribution < 1.29 is 9.90 Å². The molecule has 0 amide bonds. The predicted octanol–water partition coefficient (Wildman–Crippen LogP) is 6.13. The van der Waals surface area contributed by atoms with E-state index in [4.69, 9.17) is 5.11 Å². The molecular formula is C19H34O2. The van der Waals surface area contributed by atoms with Gasteiger partial charge in [-0.15, -0.1) is 0 Å². The molecule has 21 heavy (non-hydrogen) atoms. The molecule has 0 heterocycles. The maximum absolute atomic E-state index is 10.3. The fourth-order valence-corrected chi connectivity index (χ4v) is 2.18. The quantitative estimate of drug-likeness (QED) is 0.309. The lowest BCUT2D eigenvalue weighted by Gasteiger charge is -2.06. The molecule has 2 nitrogen and oxygen atoms in total. The van der Waals surface area contributed by atoms with Crippen LogP contribution >= 0.6 is 0 Å². The van der Waals surface area contributed by atoms with E-state index in [1.807, 2.05) is 0 Å². The largest absolute Gasteiger partial charge is 0.481 e. The van der Waals surface area contributed by atoms with Crippen molar-refractivity contribution in [3.8, 4) is 0 Å². The van der Waals surface area contributed by atoms with Gasteiger partial charge in [0.2, 0.25) is 0 Å². The number of carbonyl (C=O) groups is 1. The van der Waals surface area contributed by atoms with E-state index in [9.17, 15) is 4.79 Å². The smallest absolute Gasteiger partial charge is 0.303 e. The van der Waals surface area contributed by atoms with Crippen LogP contribution in [-0.2, 0) is 4.79 Å². The van der Waals surface area contributed by atoms with Crippen LogP contribution in [0.5, 0.6) is 0 Å². The van der Waals surface area contributed by atoms with Gasteiger partial charge in [-0.05, 0) is 44.4 Å². The summed E-state index contributed by atoms with van der Waals surface area (Å²) in [4.78, 5) is 10.3. The Balaban J connectivity index is 3.26.